The van der Waals surface area contributed by atoms with Crippen LogP contribution in [-0.2, 0) is 9.53 Å². The zero-order valence-corrected chi connectivity index (χ0v) is 12.0. The molecule has 0 radical (unpaired) electrons. The van der Waals surface area contributed by atoms with Crippen LogP contribution in [0.15, 0.2) is 24.3 Å². The van der Waals surface area contributed by atoms with E-state index in [2.05, 4.69) is 0 Å². The molecule has 20 heavy (non-hydrogen) atoms. The number of aliphatic hydroxyl groups excluding tert-OH is 2. The molecule has 0 spiro atoms. The minimum absolute atomic E-state index is 0.260. The molecule has 1 aliphatic carbocycles. The van der Waals surface area contributed by atoms with Gasteiger partial charge in [0, 0.05) is 26.4 Å². The van der Waals surface area contributed by atoms with Gasteiger partial charge in [-0.25, -0.2) is 0 Å². The van der Waals surface area contributed by atoms with Crippen LogP contribution in [0.3, 0.4) is 0 Å². The SMILES string of the molecule is CCOC1C(=O)C(c2ccc(N(C)C)cc2)C(O)C1O. The van der Waals surface area contributed by atoms with Crippen LogP contribution in [0.2, 0.25) is 0 Å². The van der Waals surface area contributed by atoms with Crippen LogP contribution in [-0.4, -0.2) is 55.0 Å². The lowest BCUT2D eigenvalue weighted by molar-refractivity contribution is -0.132. The Kier molecular flexibility index (Phi) is 4.42. The molecule has 0 aromatic heterocycles. The predicted octanol–water partition coefficient (Wildman–Crippen LogP) is 0.546. The first-order valence-electron chi connectivity index (χ1n) is 6.76. The molecule has 1 saturated carbocycles. The Bertz CT molecular complexity index is 471. The summed E-state index contributed by atoms with van der Waals surface area (Å²) in [6.45, 7) is 2.08. The average Bonchev–Trinajstić information content (AvgIpc) is 2.63. The largest absolute Gasteiger partial charge is 0.389 e. The number of benzene rings is 1. The number of ether oxygens (including phenoxy) is 1. The highest BCUT2D eigenvalue weighted by atomic mass is 16.5. The Balaban J connectivity index is 2.25. The maximum absolute atomic E-state index is 12.3. The van der Waals surface area contributed by atoms with Gasteiger partial charge in [-0.1, -0.05) is 12.1 Å². The minimum Gasteiger partial charge on any atom is -0.389 e. The quantitative estimate of drug-likeness (QED) is 0.842. The summed E-state index contributed by atoms with van der Waals surface area (Å²) in [5.74, 6) is -0.984. The fourth-order valence-electron chi connectivity index (χ4n) is 2.59. The number of Topliss-reactive ketones (excluding diaryl/α,β-unsaturated/α-hetero) is 1. The summed E-state index contributed by atoms with van der Waals surface area (Å²) in [6, 6.07) is 7.38. The van der Waals surface area contributed by atoms with Crippen LogP contribution in [0.5, 0.6) is 0 Å². The van der Waals surface area contributed by atoms with Crippen LogP contribution < -0.4 is 4.90 Å². The lowest BCUT2D eigenvalue weighted by atomic mass is 9.94. The third-order valence-electron chi connectivity index (χ3n) is 3.70. The summed E-state index contributed by atoms with van der Waals surface area (Å²) in [4.78, 5) is 14.2. The molecule has 1 aromatic rings. The van der Waals surface area contributed by atoms with Crippen LogP contribution >= 0.6 is 0 Å². The minimum atomic E-state index is -1.17. The van der Waals surface area contributed by atoms with Gasteiger partial charge in [-0.05, 0) is 24.6 Å². The van der Waals surface area contributed by atoms with E-state index in [0.717, 1.165) is 5.69 Å². The van der Waals surface area contributed by atoms with Crippen molar-refractivity contribution in [2.45, 2.75) is 31.2 Å². The van der Waals surface area contributed by atoms with E-state index in [9.17, 15) is 15.0 Å². The van der Waals surface area contributed by atoms with Gasteiger partial charge in [0.05, 0.1) is 12.0 Å². The lowest BCUT2D eigenvalue weighted by Gasteiger charge is -2.17. The zero-order valence-electron chi connectivity index (χ0n) is 12.0. The molecule has 0 aliphatic heterocycles. The van der Waals surface area contributed by atoms with Gasteiger partial charge in [0.15, 0.2) is 5.78 Å². The van der Waals surface area contributed by atoms with Crippen LogP contribution in [0, 0.1) is 0 Å². The van der Waals surface area contributed by atoms with E-state index < -0.39 is 24.2 Å². The number of aliphatic hydroxyl groups is 2. The molecule has 5 heteroatoms. The normalized spacial score (nSPS) is 29.8. The van der Waals surface area contributed by atoms with Crippen molar-refractivity contribution in [3.63, 3.8) is 0 Å². The van der Waals surface area contributed by atoms with Gasteiger partial charge in [0.25, 0.3) is 0 Å². The standard InChI is InChI=1S/C15H21NO4/c1-4-20-15-13(18)11(12(17)14(15)19)9-5-7-10(8-6-9)16(2)3/h5-8,11-12,14-15,17,19H,4H2,1-3H3. The van der Waals surface area contributed by atoms with Crippen molar-refractivity contribution in [2.75, 3.05) is 25.6 Å². The van der Waals surface area contributed by atoms with E-state index in [1.165, 1.54) is 0 Å². The monoisotopic (exact) mass is 279 g/mol. The molecule has 2 N–H and O–H groups in total. The number of nitrogens with zero attached hydrogens (tertiary/aromatic N) is 1. The summed E-state index contributed by atoms with van der Waals surface area (Å²) >= 11 is 0. The summed E-state index contributed by atoms with van der Waals surface area (Å²) in [6.07, 6.45) is -3.22. The third kappa shape index (κ3) is 2.57. The van der Waals surface area contributed by atoms with E-state index >= 15 is 0 Å². The predicted molar refractivity (Wildman–Crippen MR) is 75.9 cm³/mol. The van der Waals surface area contributed by atoms with E-state index in [-0.39, 0.29) is 5.78 Å². The molecule has 4 atom stereocenters. The molecule has 0 heterocycles. The summed E-state index contributed by atoms with van der Waals surface area (Å²) in [5.41, 5.74) is 1.71. The second kappa shape index (κ2) is 5.91. The highest BCUT2D eigenvalue weighted by molar-refractivity contribution is 5.93. The Labute approximate surface area is 118 Å². The number of ketones is 1. The molecule has 1 aromatic carbocycles. The van der Waals surface area contributed by atoms with Crippen molar-refractivity contribution in [3.8, 4) is 0 Å². The van der Waals surface area contributed by atoms with Gasteiger partial charge in [-0.2, -0.15) is 0 Å². The van der Waals surface area contributed by atoms with Crippen molar-refractivity contribution in [1.82, 2.24) is 0 Å². The van der Waals surface area contributed by atoms with Gasteiger partial charge >= 0.3 is 0 Å². The molecule has 2 rings (SSSR count). The van der Waals surface area contributed by atoms with Gasteiger partial charge in [-0.3, -0.25) is 4.79 Å². The fourth-order valence-corrected chi connectivity index (χ4v) is 2.59. The maximum Gasteiger partial charge on any atom is 0.174 e. The molecule has 110 valence electrons. The highest BCUT2D eigenvalue weighted by Gasteiger charge is 2.49. The first kappa shape index (κ1) is 15.0. The van der Waals surface area contributed by atoms with Gasteiger partial charge in [-0.15, -0.1) is 0 Å². The highest BCUT2D eigenvalue weighted by Crippen LogP contribution is 2.34. The Hall–Kier alpha value is -1.43. The fraction of sp³-hybridized carbons (Fsp3) is 0.533. The lowest BCUT2D eigenvalue weighted by Crippen LogP contribution is -2.33. The third-order valence-corrected chi connectivity index (χ3v) is 3.70. The number of rotatable bonds is 4. The summed E-state index contributed by atoms with van der Waals surface area (Å²) in [5, 5.41) is 20.0. The van der Waals surface area contributed by atoms with Crippen molar-refractivity contribution in [3.05, 3.63) is 29.8 Å². The molecule has 0 amide bonds. The van der Waals surface area contributed by atoms with E-state index in [1.54, 1.807) is 6.92 Å². The van der Waals surface area contributed by atoms with Gasteiger partial charge in [0.1, 0.15) is 12.2 Å². The van der Waals surface area contributed by atoms with Crippen LogP contribution in [0.1, 0.15) is 18.4 Å². The van der Waals surface area contributed by atoms with E-state index in [0.29, 0.717) is 12.2 Å². The summed E-state index contributed by atoms with van der Waals surface area (Å²) in [7, 11) is 3.86. The molecule has 1 fully saturated rings. The van der Waals surface area contributed by atoms with Crippen molar-refractivity contribution in [2.24, 2.45) is 0 Å². The average molecular weight is 279 g/mol. The van der Waals surface area contributed by atoms with E-state index in [4.69, 9.17) is 4.74 Å². The zero-order chi connectivity index (χ0) is 14.9. The molecular weight excluding hydrogens is 258 g/mol. The summed E-state index contributed by atoms with van der Waals surface area (Å²) < 4.78 is 5.24. The second-order valence-corrected chi connectivity index (χ2v) is 5.22. The number of carbonyl (C=O) groups excluding carboxylic acids is 1. The smallest absolute Gasteiger partial charge is 0.174 e. The first-order chi connectivity index (χ1) is 9.47. The molecular formula is C15H21NO4. The second-order valence-electron chi connectivity index (χ2n) is 5.22. The Morgan fingerprint density at radius 2 is 1.75 bits per heavy atom. The molecule has 5 nitrogen and oxygen atoms in total. The molecule has 4 unspecified atom stereocenters. The van der Waals surface area contributed by atoms with Crippen LogP contribution in [0.25, 0.3) is 0 Å². The first-order valence-corrected chi connectivity index (χ1v) is 6.76. The number of anilines is 1. The van der Waals surface area contributed by atoms with E-state index in [1.807, 2.05) is 43.3 Å². The number of carbonyl (C=O) groups is 1. The Morgan fingerprint density at radius 3 is 2.25 bits per heavy atom. The molecule has 0 bridgehead atoms. The Morgan fingerprint density at radius 1 is 1.15 bits per heavy atom. The van der Waals surface area contributed by atoms with Crippen molar-refractivity contribution in [1.29, 1.82) is 0 Å². The topological polar surface area (TPSA) is 70.0 Å². The van der Waals surface area contributed by atoms with Crippen LogP contribution in [0.4, 0.5) is 5.69 Å². The van der Waals surface area contributed by atoms with Crippen molar-refractivity contribution < 1.29 is 19.7 Å². The maximum atomic E-state index is 12.3. The van der Waals surface area contributed by atoms with Gasteiger partial charge < -0.3 is 19.8 Å². The van der Waals surface area contributed by atoms with Crippen molar-refractivity contribution >= 4 is 11.5 Å². The number of hydrogen-bond acceptors (Lipinski definition) is 5. The number of hydrogen-bond donors (Lipinski definition) is 2. The van der Waals surface area contributed by atoms with Gasteiger partial charge in [0.2, 0.25) is 0 Å². The molecule has 1 aliphatic rings. The molecule has 0 saturated heterocycles.